The third-order valence-corrected chi connectivity index (χ3v) is 6.24. The van der Waals surface area contributed by atoms with E-state index in [0.29, 0.717) is 5.75 Å². The van der Waals surface area contributed by atoms with Gasteiger partial charge < -0.3 is 9.29 Å². The molecule has 0 aromatic heterocycles. The van der Waals surface area contributed by atoms with Gasteiger partial charge in [0, 0.05) is 0 Å². The van der Waals surface area contributed by atoms with Gasteiger partial charge in [-0.15, -0.1) is 0 Å². The Balaban J connectivity index is 0.00000784. The Morgan fingerprint density at radius 1 is 0.862 bits per heavy atom. The Bertz CT molecular complexity index is 646. The van der Waals surface area contributed by atoms with Gasteiger partial charge in [0.15, 0.2) is 5.44 Å². The van der Waals surface area contributed by atoms with E-state index in [2.05, 4.69) is 26.0 Å². The molecule has 4 nitrogen and oxygen atoms in total. The molecule has 0 aliphatic rings. The molecule has 1 unspecified atom stereocenters. The molecule has 1 aromatic rings. The predicted octanol–water partition coefficient (Wildman–Crippen LogP) is 3.38. The van der Waals surface area contributed by atoms with Gasteiger partial charge in [-0.3, -0.25) is 0 Å². The summed E-state index contributed by atoms with van der Waals surface area (Å²) in [6.45, 7) is 6.07. The molecule has 1 aromatic carbocycles. The topological polar surface area (TPSA) is 66.4 Å². The molecule has 0 heterocycles. The summed E-state index contributed by atoms with van der Waals surface area (Å²) in [6, 6.07) is 6.14. The summed E-state index contributed by atoms with van der Waals surface area (Å²) in [4.78, 5) is 0. The summed E-state index contributed by atoms with van der Waals surface area (Å²) in [7, 11) is -4.47. The molecule has 162 valence electrons. The van der Waals surface area contributed by atoms with Gasteiger partial charge in [-0.1, -0.05) is 84.3 Å². The van der Waals surface area contributed by atoms with Gasteiger partial charge in [-0.25, -0.2) is 8.42 Å². The third kappa shape index (κ3) is 12.4. The van der Waals surface area contributed by atoms with E-state index in [4.69, 9.17) is 4.74 Å². The monoisotopic (exact) mass is 434 g/mol. The zero-order valence-corrected chi connectivity index (χ0v) is 21.9. The van der Waals surface area contributed by atoms with Crippen molar-refractivity contribution < 1.29 is 47.3 Å². The normalized spacial score (nSPS) is 12.4. The number of rotatable bonds is 16. The van der Waals surface area contributed by atoms with Crippen molar-refractivity contribution in [2.24, 2.45) is 0 Å². The van der Waals surface area contributed by atoms with E-state index in [1.165, 1.54) is 44.9 Å². The second kappa shape index (κ2) is 16.6. The van der Waals surface area contributed by atoms with E-state index in [9.17, 15) is 13.0 Å². The van der Waals surface area contributed by atoms with Gasteiger partial charge in [-0.2, -0.15) is 0 Å². The van der Waals surface area contributed by atoms with Gasteiger partial charge in [0.1, 0.15) is 15.9 Å². The number of hydrogen-bond donors (Lipinski definition) is 0. The van der Waals surface area contributed by atoms with E-state index < -0.39 is 15.6 Å². The van der Waals surface area contributed by atoms with Crippen LogP contribution in [0.2, 0.25) is 0 Å². The van der Waals surface area contributed by atoms with Gasteiger partial charge in [0.25, 0.3) is 0 Å². The number of ether oxygens (including phenoxy) is 1. The molecule has 0 aliphatic heterocycles. The minimum absolute atomic E-state index is 0. The van der Waals surface area contributed by atoms with Crippen LogP contribution in [0.1, 0.15) is 103 Å². The summed E-state index contributed by atoms with van der Waals surface area (Å²) in [5.74, 6) is 0.577. The quantitative estimate of drug-likeness (QED) is 0.227. The van der Waals surface area contributed by atoms with Gasteiger partial charge in [0.2, 0.25) is 0 Å². The summed E-state index contributed by atoms with van der Waals surface area (Å²) in [5, 5.41) is 0. The largest absolute Gasteiger partial charge is 1.00 e. The predicted molar refractivity (Wildman–Crippen MR) is 116 cm³/mol. The Morgan fingerprint density at radius 3 is 1.93 bits per heavy atom. The molecular weight excluding hydrogens is 395 g/mol. The van der Waals surface area contributed by atoms with Crippen molar-refractivity contribution in [2.45, 2.75) is 110 Å². The fourth-order valence-corrected chi connectivity index (χ4v) is 4.04. The zero-order valence-electron chi connectivity index (χ0n) is 19.0. The van der Waals surface area contributed by atoms with E-state index in [1.807, 2.05) is 6.07 Å². The molecular formula is C23H39NaO4S. The number of hydrogen-bond acceptors (Lipinski definition) is 4. The maximum atomic E-state index is 11.5. The van der Waals surface area contributed by atoms with Crippen LogP contribution in [0.4, 0.5) is 0 Å². The molecule has 0 radical (unpaired) electrons. The van der Waals surface area contributed by atoms with Crippen LogP contribution in [0.15, 0.2) is 18.2 Å². The average molecular weight is 435 g/mol. The standard InChI is InChI=1S/C23H40O4S.Na/c1-4-7-9-11-13-15-20-17-18-21(16-14-12-10-8-5-2)22(19-20)27-23(6-3)28(24,25)26;/h17-19,23H,4-16H2,1-3H3,(H,24,25,26);/q;+1/p-1. The molecule has 0 bridgehead atoms. The van der Waals surface area contributed by atoms with Crippen LogP contribution in [0.5, 0.6) is 5.75 Å². The van der Waals surface area contributed by atoms with E-state index in [1.54, 1.807) is 6.92 Å². The first-order valence-electron chi connectivity index (χ1n) is 11.2. The Kier molecular flexibility index (Phi) is 16.6. The smallest absolute Gasteiger partial charge is 0.745 e. The van der Waals surface area contributed by atoms with Gasteiger partial charge in [0.05, 0.1) is 0 Å². The average Bonchev–Trinajstić information content (AvgIpc) is 2.66. The summed E-state index contributed by atoms with van der Waals surface area (Å²) < 4.78 is 40.2. The number of benzene rings is 1. The van der Waals surface area contributed by atoms with Crippen LogP contribution in [0.3, 0.4) is 0 Å². The van der Waals surface area contributed by atoms with Crippen LogP contribution in [0, 0.1) is 0 Å². The molecule has 0 aliphatic carbocycles. The number of aryl methyl sites for hydroxylation is 2. The molecule has 0 saturated carbocycles. The summed E-state index contributed by atoms with van der Waals surface area (Å²) >= 11 is 0. The zero-order chi connectivity index (χ0) is 20.8. The first-order chi connectivity index (χ1) is 13.4. The summed E-state index contributed by atoms with van der Waals surface area (Å²) in [5.41, 5.74) is 0.846. The molecule has 0 N–H and O–H groups in total. The Labute approximate surface area is 201 Å². The second-order valence-corrected chi connectivity index (χ2v) is 9.23. The maximum absolute atomic E-state index is 11.5. The van der Waals surface area contributed by atoms with Crippen LogP contribution < -0.4 is 34.3 Å². The van der Waals surface area contributed by atoms with E-state index in [-0.39, 0.29) is 36.0 Å². The van der Waals surface area contributed by atoms with Crippen LogP contribution >= 0.6 is 0 Å². The Hall–Kier alpha value is -0.0700. The minimum Gasteiger partial charge on any atom is -0.745 e. The molecule has 0 fully saturated rings. The molecule has 29 heavy (non-hydrogen) atoms. The third-order valence-electron chi connectivity index (χ3n) is 5.16. The van der Waals surface area contributed by atoms with Crippen molar-refractivity contribution in [3.8, 4) is 5.75 Å². The molecule has 1 atom stereocenters. The number of unbranched alkanes of at least 4 members (excludes halogenated alkanes) is 8. The summed E-state index contributed by atoms with van der Waals surface area (Å²) in [6.07, 6.45) is 13.9. The van der Waals surface area contributed by atoms with Gasteiger partial charge >= 0.3 is 29.6 Å². The molecule has 0 saturated heterocycles. The minimum atomic E-state index is -4.47. The molecule has 1 rings (SSSR count). The van der Waals surface area contributed by atoms with Crippen molar-refractivity contribution in [1.29, 1.82) is 0 Å². The maximum Gasteiger partial charge on any atom is 1.00 e. The van der Waals surface area contributed by atoms with Crippen molar-refractivity contribution in [3.05, 3.63) is 29.3 Å². The first kappa shape index (κ1) is 28.9. The Morgan fingerprint density at radius 2 is 1.41 bits per heavy atom. The fourth-order valence-electron chi connectivity index (χ4n) is 3.41. The fraction of sp³-hybridized carbons (Fsp3) is 0.739. The van der Waals surface area contributed by atoms with Crippen LogP contribution in [-0.4, -0.2) is 18.4 Å². The van der Waals surface area contributed by atoms with Crippen molar-refractivity contribution in [3.63, 3.8) is 0 Å². The first-order valence-corrected chi connectivity index (χ1v) is 12.6. The van der Waals surface area contributed by atoms with E-state index in [0.717, 1.165) is 43.2 Å². The molecule has 0 spiro atoms. The van der Waals surface area contributed by atoms with Crippen molar-refractivity contribution in [1.82, 2.24) is 0 Å². The molecule has 6 heteroatoms. The van der Waals surface area contributed by atoms with Crippen molar-refractivity contribution in [2.75, 3.05) is 0 Å². The van der Waals surface area contributed by atoms with Crippen LogP contribution in [0.25, 0.3) is 0 Å². The second-order valence-electron chi connectivity index (χ2n) is 7.72. The SMILES string of the molecule is CCCCCCCc1ccc(CCCCCCC)c(OC(CC)S(=O)(=O)[O-])c1.[Na+]. The molecule has 0 amide bonds. The van der Waals surface area contributed by atoms with Gasteiger partial charge in [-0.05, 0) is 49.3 Å². The van der Waals surface area contributed by atoms with Crippen molar-refractivity contribution >= 4 is 10.1 Å². The van der Waals surface area contributed by atoms with Crippen LogP contribution in [-0.2, 0) is 23.0 Å². The van der Waals surface area contributed by atoms with E-state index >= 15 is 0 Å².